The molecule has 1 N–H and O–H groups in total. The van der Waals surface area contributed by atoms with Crippen LogP contribution in [-0.4, -0.2) is 46.3 Å². The minimum atomic E-state index is -0.661. The molecule has 2 aliphatic rings. The molecule has 3 aromatic carbocycles. The lowest BCUT2D eigenvalue weighted by Gasteiger charge is -2.37. The Balaban J connectivity index is 1.54. The Bertz CT molecular complexity index is 1650. The fourth-order valence-corrected chi connectivity index (χ4v) is 6.81. The Labute approximate surface area is 272 Å². The van der Waals surface area contributed by atoms with Gasteiger partial charge in [0.1, 0.15) is 0 Å². The second-order valence-electron chi connectivity index (χ2n) is 11.0. The molecule has 0 saturated heterocycles. The van der Waals surface area contributed by atoms with Crippen LogP contribution in [0.4, 0.5) is 0 Å². The number of benzene rings is 3. The van der Waals surface area contributed by atoms with Crippen LogP contribution in [0.2, 0.25) is 0 Å². The van der Waals surface area contributed by atoms with Gasteiger partial charge in [0.05, 0.1) is 44.6 Å². The first-order valence-corrected chi connectivity index (χ1v) is 15.8. The Hall–Kier alpha value is -4.24. The molecule has 1 aliphatic heterocycles. The normalized spacial score (nSPS) is 17.8. The maximum Gasteiger partial charge on any atom is 0.336 e. The summed E-state index contributed by atoms with van der Waals surface area (Å²) in [5.41, 5.74) is 5.18. The molecular formula is C36H38BrNO7. The molecule has 1 heterocycles. The zero-order chi connectivity index (χ0) is 32.1. The average Bonchev–Trinajstić information content (AvgIpc) is 3.04. The van der Waals surface area contributed by atoms with E-state index in [0.29, 0.717) is 63.8 Å². The van der Waals surface area contributed by atoms with E-state index in [0.717, 1.165) is 22.4 Å². The number of methoxy groups -OCH3 is 3. The fourth-order valence-electron chi connectivity index (χ4n) is 6.19. The summed E-state index contributed by atoms with van der Waals surface area (Å²) in [5, 5.41) is 3.43. The van der Waals surface area contributed by atoms with Gasteiger partial charge in [-0.1, -0.05) is 36.4 Å². The summed E-state index contributed by atoms with van der Waals surface area (Å²) in [4.78, 5) is 28.0. The van der Waals surface area contributed by atoms with Crippen LogP contribution in [0.5, 0.6) is 23.0 Å². The van der Waals surface area contributed by atoms with Crippen molar-refractivity contribution in [2.45, 2.75) is 44.9 Å². The van der Waals surface area contributed by atoms with E-state index in [1.807, 2.05) is 74.5 Å². The van der Waals surface area contributed by atoms with Crippen LogP contribution in [0.15, 0.2) is 87.7 Å². The molecule has 3 aromatic rings. The second kappa shape index (κ2) is 14.2. The minimum absolute atomic E-state index is 0.0412. The predicted molar refractivity (Wildman–Crippen MR) is 175 cm³/mol. The smallest absolute Gasteiger partial charge is 0.336 e. The van der Waals surface area contributed by atoms with Crippen LogP contribution in [0, 0.1) is 0 Å². The highest BCUT2D eigenvalue weighted by atomic mass is 79.9. The van der Waals surface area contributed by atoms with Crippen molar-refractivity contribution >= 4 is 27.7 Å². The molecule has 0 aromatic heterocycles. The van der Waals surface area contributed by atoms with E-state index in [1.165, 1.54) is 0 Å². The van der Waals surface area contributed by atoms with Crippen molar-refractivity contribution < 1.29 is 33.3 Å². The topological polar surface area (TPSA) is 92.3 Å². The summed E-state index contributed by atoms with van der Waals surface area (Å²) >= 11 is 3.63. The van der Waals surface area contributed by atoms with Crippen molar-refractivity contribution in [2.75, 3.05) is 34.5 Å². The Morgan fingerprint density at radius 3 is 2.33 bits per heavy atom. The first kappa shape index (κ1) is 32.2. The molecule has 2 unspecified atom stereocenters. The number of allylic oxidation sites excluding steroid dienone is 3. The molecule has 0 amide bonds. The molecule has 8 nitrogen and oxygen atoms in total. The van der Waals surface area contributed by atoms with Crippen LogP contribution >= 0.6 is 15.9 Å². The van der Waals surface area contributed by atoms with Gasteiger partial charge in [0, 0.05) is 35.7 Å². The summed E-state index contributed by atoms with van der Waals surface area (Å²) in [6.45, 7) is 4.38. The van der Waals surface area contributed by atoms with Gasteiger partial charge in [0.2, 0.25) is 0 Å². The Kier molecular flexibility index (Phi) is 10.2. The average molecular weight is 677 g/mol. The quantitative estimate of drug-likeness (QED) is 0.217. The molecule has 0 spiro atoms. The standard InChI is InChI=1S/C36H38BrNO7/c1-6-44-31-20-25(16-26(37)35(31)43-5)33-32(36(40)45-15-14-22-10-8-7-9-11-22)21(2)38-27-17-24(18-28(39)34(27)33)23-12-13-29(41-3)30(19-23)42-4/h7-13,16,19-20,24,33,38H,6,14-15,17-18H2,1-5H3. The summed E-state index contributed by atoms with van der Waals surface area (Å²) in [6, 6.07) is 19.4. The molecule has 5 rings (SSSR count). The van der Waals surface area contributed by atoms with Gasteiger partial charge in [-0.05, 0) is 83.1 Å². The van der Waals surface area contributed by atoms with Crippen molar-refractivity contribution in [3.63, 3.8) is 0 Å². The third kappa shape index (κ3) is 6.73. The number of Topliss-reactive ketones (excluding diaryl/α,β-unsaturated/α-hetero) is 1. The number of rotatable bonds is 11. The lowest BCUT2D eigenvalue weighted by molar-refractivity contribution is -0.139. The maximum atomic E-state index is 14.2. The van der Waals surface area contributed by atoms with Gasteiger partial charge in [0.15, 0.2) is 28.8 Å². The monoisotopic (exact) mass is 675 g/mol. The molecule has 9 heteroatoms. The SMILES string of the molecule is CCOc1cc(C2C(C(=O)OCCc3ccccc3)=C(C)NC3=C2C(=O)CC(c2ccc(OC)c(OC)c2)C3)cc(Br)c1OC. The molecule has 236 valence electrons. The Morgan fingerprint density at radius 1 is 0.911 bits per heavy atom. The number of carbonyl (C=O) groups is 2. The number of hydrogen-bond acceptors (Lipinski definition) is 8. The van der Waals surface area contributed by atoms with E-state index in [4.69, 9.17) is 23.7 Å². The molecule has 0 fully saturated rings. The van der Waals surface area contributed by atoms with E-state index in [9.17, 15) is 9.59 Å². The number of halogens is 1. The van der Waals surface area contributed by atoms with Crippen LogP contribution in [0.3, 0.4) is 0 Å². The third-order valence-electron chi connectivity index (χ3n) is 8.26. The van der Waals surface area contributed by atoms with Crippen LogP contribution in [0.25, 0.3) is 0 Å². The van der Waals surface area contributed by atoms with Crippen LogP contribution < -0.4 is 24.3 Å². The van der Waals surface area contributed by atoms with Crippen molar-refractivity contribution in [3.8, 4) is 23.0 Å². The van der Waals surface area contributed by atoms with Gasteiger partial charge in [0.25, 0.3) is 0 Å². The Morgan fingerprint density at radius 2 is 1.64 bits per heavy atom. The highest BCUT2D eigenvalue weighted by Gasteiger charge is 2.42. The third-order valence-corrected chi connectivity index (χ3v) is 8.85. The van der Waals surface area contributed by atoms with Gasteiger partial charge >= 0.3 is 5.97 Å². The zero-order valence-corrected chi connectivity index (χ0v) is 27.8. The number of ether oxygens (including phenoxy) is 5. The van der Waals surface area contributed by atoms with E-state index < -0.39 is 11.9 Å². The van der Waals surface area contributed by atoms with E-state index >= 15 is 0 Å². The van der Waals surface area contributed by atoms with Gasteiger partial charge in [-0.3, -0.25) is 4.79 Å². The highest BCUT2D eigenvalue weighted by molar-refractivity contribution is 9.10. The van der Waals surface area contributed by atoms with Gasteiger partial charge in [-0.15, -0.1) is 0 Å². The second-order valence-corrected chi connectivity index (χ2v) is 11.8. The molecule has 2 atom stereocenters. The summed E-state index contributed by atoms with van der Waals surface area (Å²) < 4.78 is 29.0. The van der Waals surface area contributed by atoms with Crippen molar-refractivity contribution in [2.24, 2.45) is 0 Å². The van der Waals surface area contributed by atoms with E-state index in [2.05, 4.69) is 21.2 Å². The van der Waals surface area contributed by atoms with Crippen molar-refractivity contribution in [1.82, 2.24) is 5.32 Å². The van der Waals surface area contributed by atoms with E-state index in [1.54, 1.807) is 21.3 Å². The molecule has 1 aliphatic carbocycles. The number of carbonyl (C=O) groups excluding carboxylic acids is 2. The highest BCUT2D eigenvalue weighted by Crippen LogP contribution is 2.49. The largest absolute Gasteiger partial charge is 0.493 e. The predicted octanol–water partition coefficient (Wildman–Crippen LogP) is 7.02. The number of nitrogens with one attached hydrogen (secondary N) is 1. The lowest BCUT2D eigenvalue weighted by Crippen LogP contribution is -2.36. The number of ketones is 1. The van der Waals surface area contributed by atoms with Crippen molar-refractivity contribution in [3.05, 3.63) is 104 Å². The van der Waals surface area contributed by atoms with Gasteiger partial charge in [-0.25, -0.2) is 4.79 Å². The number of hydrogen-bond donors (Lipinski definition) is 1. The number of dihydropyridines is 1. The number of esters is 1. The molecular weight excluding hydrogens is 638 g/mol. The zero-order valence-electron chi connectivity index (χ0n) is 26.2. The first-order valence-electron chi connectivity index (χ1n) is 15.0. The van der Waals surface area contributed by atoms with Gasteiger partial charge in [-0.2, -0.15) is 0 Å². The molecule has 45 heavy (non-hydrogen) atoms. The van der Waals surface area contributed by atoms with Gasteiger partial charge < -0.3 is 29.0 Å². The molecule has 0 bridgehead atoms. The first-order chi connectivity index (χ1) is 21.8. The molecule has 0 radical (unpaired) electrons. The summed E-state index contributed by atoms with van der Waals surface area (Å²) in [7, 11) is 4.77. The van der Waals surface area contributed by atoms with Crippen molar-refractivity contribution in [1.29, 1.82) is 0 Å². The maximum absolute atomic E-state index is 14.2. The van der Waals surface area contributed by atoms with Crippen LogP contribution in [-0.2, 0) is 20.7 Å². The fraction of sp³-hybridized carbons (Fsp3) is 0.333. The summed E-state index contributed by atoms with van der Waals surface area (Å²) in [5.74, 6) is 1.05. The lowest BCUT2D eigenvalue weighted by atomic mass is 9.71. The van der Waals surface area contributed by atoms with E-state index in [-0.39, 0.29) is 24.7 Å². The molecule has 0 saturated carbocycles. The minimum Gasteiger partial charge on any atom is -0.493 e. The van der Waals surface area contributed by atoms with Crippen LogP contribution in [0.1, 0.15) is 55.2 Å². The summed E-state index contributed by atoms with van der Waals surface area (Å²) in [6.07, 6.45) is 1.44.